The van der Waals surface area contributed by atoms with Gasteiger partial charge in [-0.2, -0.15) is 0 Å². The number of rotatable bonds is 7. The molecule has 27 heavy (non-hydrogen) atoms. The van der Waals surface area contributed by atoms with Crippen molar-refractivity contribution in [3.63, 3.8) is 0 Å². The number of methoxy groups -OCH3 is 1. The summed E-state index contributed by atoms with van der Waals surface area (Å²) in [6.45, 7) is 5.10. The highest BCUT2D eigenvalue weighted by atomic mass is 32.2. The van der Waals surface area contributed by atoms with Gasteiger partial charge in [0.2, 0.25) is 10.0 Å². The van der Waals surface area contributed by atoms with Crippen LogP contribution in [0.5, 0.6) is 5.75 Å². The SMILES string of the molecule is COc1ccc(S(=O)(=O)NCc2cccn2Cc2cc(C)ccc2C)cc1. The number of nitrogens with one attached hydrogen (secondary N) is 1. The van der Waals surface area contributed by atoms with Crippen LogP contribution in [0.25, 0.3) is 0 Å². The predicted octanol–water partition coefficient (Wildman–Crippen LogP) is 3.64. The van der Waals surface area contributed by atoms with Gasteiger partial charge in [-0.3, -0.25) is 0 Å². The molecule has 0 aliphatic carbocycles. The third kappa shape index (κ3) is 4.59. The van der Waals surface area contributed by atoms with E-state index in [2.05, 4.69) is 41.3 Å². The summed E-state index contributed by atoms with van der Waals surface area (Å²) in [6.07, 6.45) is 1.97. The van der Waals surface area contributed by atoms with Crippen LogP contribution in [0, 0.1) is 13.8 Å². The van der Waals surface area contributed by atoms with Gasteiger partial charge >= 0.3 is 0 Å². The molecule has 0 unspecified atom stereocenters. The Morgan fingerprint density at radius 2 is 1.78 bits per heavy atom. The minimum Gasteiger partial charge on any atom is -0.497 e. The zero-order valence-corrected chi connectivity index (χ0v) is 16.6. The van der Waals surface area contributed by atoms with E-state index in [0.29, 0.717) is 12.3 Å². The molecule has 0 fully saturated rings. The van der Waals surface area contributed by atoms with Gasteiger partial charge in [0.25, 0.3) is 0 Å². The Labute approximate surface area is 160 Å². The first-order valence-corrected chi connectivity index (χ1v) is 10.2. The van der Waals surface area contributed by atoms with Crippen LogP contribution in [0.2, 0.25) is 0 Å². The molecule has 0 spiro atoms. The van der Waals surface area contributed by atoms with Crippen LogP contribution in [-0.2, 0) is 23.1 Å². The molecule has 0 saturated carbocycles. The van der Waals surface area contributed by atoms with Gasteiger partial charge in [0.1, 0.15) is 5.75 Å². The summed E-state index contributed by atoms with van der Waals surface area (Å²) in [7, 11) is -2.04. The molecular formula is C21H24N2O3S. The molecule has 1 heterocycles. The minimum absolute atomic E-state index is 0.218. The molecule has 0 saturated heterocycles. The molecule has 3 aromatic rings. The van der Waals surface area contributed by atoms with E-state index >= 15 is 0 Å². The van der Waals surface area contributed by atoms with Gasteiger partial charge in [-0.05, 0) is 61.4 Å². The van der Waals surface area contributed by atoms with Crippen molar-refractivity contribution >= 4 is 10.0 Å². The Kier molecular flexibility index (Phi) is 5.68. The maximum atomic E-state index is 12.5. The third-order valence-corrected chi connectivity index (χ3v) is 6.00. The summed E-state index contributed by atoms with van der Waals surface area (Å²) in [4.78, 5) is 0.218. The Hall–Kier alpha value is -2.57. The topological polar surface area (TPSA) is 60.3 Å². The van der Waals surface area contributed by atoms with Crippen molar-refractivity contribution in [1.29, 1.82) is 0 Å². The van der Waals surface area contributed by atoms with E-state index in [1.54, 1.807) is 19.2 Å². The van der Waals surface area contributed by atoms with Crippen molar-refractivity contribution in [2.75, 3.05) is 7.11 Å². The Morgan fingerprint density at radius 1 is 1.04 bits per heavy atom. The molecule has 5 nitrogen and oxygen atoms in total. The first-order chi connectivity index (χ1) is 12.9. The maximum Gasteiger partial charge on any atom is 0.240 e. The third-order valence-electron chi connectivity index (χ3n) is 4.58. The highest BCUT2D eigenvalue weighted by molar-refractivity contribution is 7.89. The zero-order valence-electron chi connectivity index (χ0n) is 15.8. The fourth-order valence-electron chi connectivity index (χ4n) is 2.93. The molecule has 0 amide bonds. The van der Waals surface area contributed by atoms with Crippen LogP contribution in [0.4, 0.5) is 0 Å². The van der Waals surface area contributed by atoms with Crippen LogP contribution < -0.4 is 9.46 Å². The normalized spacial score (nSPS) is 11.5. The second-order valence-electron chi connectivity index (χ2n) is 6.56. The standard InChI is InChI=1S/C21H24N2O3S/c1-16-6-7-17(2)18(13-16)15-23-12-4-5-19(23)14-22-27(24,25)21-10-8-20(26-3)9-11-21/h4-13,22H,14-15H2,1-3H3. The summed E-state index contributed by atoms with van der Waals surface area (Å²) in [5.41, 5.74) is 4.57. The van der Waals surface area contributed by atoms with E-state index in [0.717, 1.165) is 5.69 Å². The fraction of sp³-hybridized carbons (Fsp3) is 0.238. The Morgan fingerprint density at radius 3 is 2.48 bits per heavy atom. The first kappa shape index (κ1) is 19.2. The minimum atomic E-state index is -3.58. The molecular weight excluding hydrogens is 360 g/mol. The van der Waals surface area contributed by atoms with Crippen molar-refractivity contribution < 1.29 is 13.2 Å². The molecule has 0 aliphatic heterocycles. The summed E-state index contributed by atoms with van der Waals surface area (Å²) >= 11 is 0. The lowest BCUT2D eigenvalue weighted by molar-refractivity contribution is 0.414. The molecule has 0 aliphatic rings. The van der Waals surface area contributed by atoms with Gasteiger partial charge in [-0.15, -0.1) is 0 Å². The quantitative estimate of drug-likeness (QED) is 0.677. The van der Waals surface area contributed by atoms with Crippen molar-refractivity contribution in [3.8, 4) is 5.75 Å². The van der Waals surface area contributed by atoms with Crippen LogP contribution in [-0.4, -0.2) is 20.1 Å². The predicted molar refractivity (Wildman–Crippen MR) is 106 cm³/mol. The van der Waals surface area contributed by atoms with E-state index < -0.39 is 10.0 Å². The van der Waals surface area contributed by atoms with Crippen molar-refractivity contribution in [1.82, 2.24) is 9.29 Å². The number of aryl methyl sites for hydroxylation is 2. The van der Waals surface area contributed by atoms with Crippen LogP contribution in [0.1, 0.15) is 22.4 Å². The van der Waals surface area contributed by atoms with Gasteiger partial charge in [0, 0.05) is 18.4 Å². The smallest absolute Gasteiger partial charge is 0.240 e. The Balaban J connectivity index is 1.73. The molecule has 1 N–H and O–H groups in total. The number of hydrogen-bond acceptors (Lipinski definition) is 3. The molecule has 1 aromatic heterocycles. The van der Waals surface area contributed by atoms with Crippen molar-refractivity contribution in [2.45, 2.75) is 31.8 Å². The number of ether oxygens (including phenoxy) is 1. The van der Waals surface area contributed by atoms with Gasteiger partial charge in [0.15, 0.2) is 0 Å². The number of hydrogen-bond donors (Lipinski definition) is 1. The van der Waals surface area contributed by atoms with Crippen molar-refractivity contribution in [3.05, 3.63) is 83.2 Å². The van der Waals surface area contributed by atoms with E-state index in [1.165, 1.54) is 28.8 Å². The summed E-state index contributed by atoms with van der Waals surface area (Å²) in [5.74, 6) is 0.622. The molecule has 0 atom stereocenters. The zero-order chi connectivity index (χ0) is 19.4. The molecule has 2 aromatic carbocycles. The molecule has 6 heteroatoms. The van der Waals surface area contributed by atoms with E-state index in [9.17, 15) is 8.42 Å². The van der Waals surface area contributed by atoms with Crippen LogP contribution >= 0.6 is 0 Å². The second-order valence-corrected chi connectivity index (χ2v) is 8.32. The number of benzene rings is 2. The summed E-state index contributed by atoms with van der Waals surface area (Å²) in [6, 6.07) is 16.6. The number of sulfonamides is 1. The van der Waals surface area contributed by atoms with Crippen LogP contribution in [0.15, 0.2) is 65.7 Å². The van der Waals surface area contributed by atoms with E-state index in [4.69, 9.17) is 4.74 Å². The lowest BCUT2D eigenvalue weighted by Gasteiger charge is -2.13. The average Bonchev–Trinajstić information content (AvgIpc) is 3.10. The van der Waals surface area contributed by atoms with E-state index in [1.807, 2.05) is 18.3 Å². The van der Waals surface area contributed by atoms with Gasteiger partial charge < -0.3 is 9.30 Å². The average molecular weight is 385 g/mol. The van der Waals surface area contributed by atoms with Gasteiger partial charge in [-0.1, -0.05) is 23.8 Å². The molecule has 3 rings (SSSR count). The number of aromatic nitrogens is 1. The highest BCUT2D eigenvalue weighted by Crippen LogP contribution is 2.17. The molecule has 142 valence electrons. The molecule has 0 bridgehead atoms. The summed E-state index contributed by atoms with van der Waals surface area (Å²) in [5, 5.41) is 0. The second kappa shape index (κ2) is 7.98. The lowest BCUT2D eigenvalue weighted by atomic mass is 10.1. The number of nitrogens with zero attached hydrogens (tertiary/aromatic N) is 1. The largest absolute Gasteiger partial charge is 0.497 e. The van der Waals surface area contributed by atoms with E-state index in [-0.39, 0.29) is 11.4 Å². The van der Waals surface area contributed by atoms with Gasteiger partial charge in [-0.25, -0.2) is 13.1 Å². The summed E-state index contributed by atoms with van der Waals surface area (Å²) < 4.78 is 34.9. The van der Waals surface area contributed by atoms with Crippen LogP contribution in [0.3, 0.4) is 0 Å². The molecule has 0 radical (unpaired) electrons. The Bertz CT molecular complexity index is 1020. The lowest BCUT2D eigenvalue weighted by Crippen LogP contribution is -2.24. The monoisotopic (exact) mass is 384 g/mol. The first-order valence-electron chi connectivity index (χ1n) is 8.73. The fourth-order valence-corrected chi connectivity index (χ4v) is 3.92. The highest BCUT2D eigenvalue weighted by Gasteiger charge is 2.15. The maximum absolute atomic E-state index is 12.5. The van der Waals surface area contributed by atoms with Crippen molar-refractivity contribution in [2.24, 2.45) is 0 Å². The van der Waals surface area contributed by atoms with Gasteiger partial charge in [0.05, 0.1) is 18.6 Å².